The van der Waals surface area contributed by atoms with Gasteiger partial charge < -0.3 is 0 Å². The van der Waals surface area contributed by atoms with Gasteiger partial charge >= 0.3 is 0 Å². The quantitative estimate of drug-likeness (QED) is 0.734. The van der Waals surface area contributed by atoms with Crippen molar-refractivity contribution in [1.82, 2.24) is 0 Å². The molecule has 0 spiro atoms. The molecule has 0 bridgehead atoms. The Hall–Kier alpha value is -0.840. The molecule has 0 radical (unpaired) electrons. The van der Waals surface area contributed by atoms with Crippen molar-refractivity contribution in [3.8, 4) is 0 Å². The number of sulfone groups is 1. The molecule has 0 aliphatic carbocycles. The van der Waals surface area contributed by atoms with Crippen LogP contribution in [0.15, 0.2) is 53.4 Å². The molecule has 2 nitrogen and oxygen atoms in total. The summed E-state index contributed by atoms with van der Waals surface area (Å²) in [5, 5.41) is 1.36. The fraction of sp³-hybridized carbons (Fsp3) is 0.250. The summed E-state index contributed by atoms with van der Waals surface area (Å²) >= 11 is 9.84. The Morgan fingerprint density at radius 2 is 1.81 bits per heavy atom. The van der Waals surface area contributed by atoms with Crippen LogP contribution in [-0.4, -0.2) is 19.5 Å². The summed E-state index contributed by atoms with van der Waals surface area (Å²) in [6.45, 7) is 0. The van der Waals surface area contributed by atoms with Crippen LogP contribution in [0.3, 0.4) is 0 Å². The van der Waals surface area contributed by atoms with Gasteiger partial charge in [0, 0.05) is 22.2 Å². The molecule has 0 N–H and O–H groups in total. The Bertz CT molecular complexity index is 773. The third-order valence-corrected chi connectivity index (χ3v) is 6.89. The molecule has 1 heterocycles. The van der Waals surface area contributed by atoms with Crippen molar-refractivity contribution >= 4 is 37.4 Å². The summed E-state index contributed by atoms with van der Waals surface area (Å²) in [6, 6.07) is 14.9. The number of hydrogen-bond donors (Lipinski definition) is 0. The first-order chi connectivity index (χ1) is 10.0. The third kappa shape index (κ3) is 2.65. The summed E-state index contributed by atoms with van der Waals surface area (Å²) < 4.78 is 24.7. The zero-order valence-corrected chi connectivity index (χ0v) is 14.3. The van der Waals surface area contributed by atoms with Crippen LogP contribution in [0, 0.1) is 0 Å². The van der Waals surface area contributed by atoms with E-state index in [0.717, 1.165) is 11.1 Å². The molecule has 1 aliphatic heterocycles. The standard InChI is InChI=1S/C16H14BrClO2S/c17-9-13(11-5-1-3-7-15(11)18)14-10-21(19,20)16-8-4-2-6-12(14)16/h1-8,13-14H,9-10H2. The minimum atomic E-state index is -3.19. The Morgan fingerprint density at radius 3 is 2.52 bits per heavy atom. The summed E-state index contributed by atoms with van der Waals surface area (Å²) in [5.41, 5.74) is 1.90. The summed E-state index contributed by atoms with van der Waals surface area (Å²) in [7, 11) is -3.19. The minimum absolute atomic E-state index is 0.0390. The molecule has 2 atom stereocenters. The van der Waals surface area contributed by atoms with E-state index in [2.05, 4.69) is 15.9 Å². The maximum atomic E-state index is 12.4. The van der Waals surface area contributed by atoms with Gasteiger partial charge in [-0.3, -0.25) is 0 Å². The zero-order chi connectivity index (χ0) is 15.0. The van der Waals surface area contributed by atoms with E-state index < -0.39 is 9.84 Å². The monoisotopic (exact) mass is 384 g/mol. The van der Waals surface area contributed by atoms with Crippen molar-refractivity contribution < 1.29 is 8.42 Å². The number of hydrogen-bond acceptors (Lipinski definition) is 2. The van der Waals surface area contributed by atoms with E-state index in [1.165, 1.54) is 0 Å². The lowest BCUT2D eigenvalue weighted by Gasteiger charge is -2.23. The molecule has 2 aromatic carbocycles. The molecule has 0 saturated carbocycles. The van der Waals surface area contributed by atoms with Crippen LogP contribution in [0.2, 0.25) is 5.02 Å². The Morgan fingerprint density at radius 1 is 1.14 bits per heavy atom. The fourth-order valence-corrected chi connectivity index (χ4v) is 6.01. The van der Waals surface area contributed by atoms with E-state index in [4.69, 9.17) is 11.6 Å². The van der Waals surface area contributed by atoms with E-state index in [1.54, 1.807) is 12.1 Å². The number of halogens is 2. The van der Waals surface area contributed by atoms with Crippen molar-refractivity contribution in [2.45, 2.75) is 16.7 Å². The SMILES string of the molecule is O=S1(=O)CC(C(CBr)c2ccccc2Cl)c2ccccc21. The van der Waals surface area contributed by atoms with Gasteiger partial charge in [-0.25, -0.2) is 8.42 Å². The molecule has 0 saturated heterocycles. The molecule has 2 unspecified atom stereocenters. The average Bonchev–Trinajstić information content (AvgIpc) is 2.74. The molecular formula is C16H14BrClO2S. The molecule has 110 valence electrons. The van der Waals surface area contributed by atoms with Gasteiger partial charge in [-0.05, 0) is 23.3 Å². The molecule has 1 aliphatic rings. The molecule has 0 fully saturated rings. The van der Waals surface area contributed by atoms with Crippen LogP contribution in [0.5, 0.6) is 0 Å². The second-order valence-electron chi connectivity index (χ2n) is 5.21. The van der Waals surface area contributed by atoms with Gasteiger partial charge in [0.15, 0.2) is 9.84 Å². The molecule has 21 heavy (non-hydrogen) atoms. The van der Waals surface area contributed by atoms with Crippen LogP contribution in [-0.2, 0) is 9.84 Å². The van der Waals surface area contributed by atoms with E-state index >= 15 is 0 Å². The second-order valence-corrected chi connectivity index (χ2v) is 8.27. The van der Waals surface area contributed by atoms with Gasteiger partial charge in [-0.1, -0.05) is 63.9 Å². The Balaban J connectivity index is 2.10. The highest BCUT2D eigenvalue weighted by Gasteiger charge is 2.39. The molecule has 2 aromatic rings. The predicted octanol–water partition coefficient (Wildman–Crippen LogP) is 4.39. The lowest BCUT2D eigenvalue weighted by Crippen LogP contribution is -2.15. The van der Waals surface area contributed by atoms with Crippen molar-refractivity contribution in [3.05, 3.63) is 64.7 Å². The van der Waals surface area contributed by atoms with Crippen LogP contribution >= 0.6 is 27.5 Å². The zero-order valence-electron chi connectivity index (χ0n) is 11.2. The van der Waals surface area contributed by atoms with Gasteiger partial charge in [0.05, 0.1) is 10.6 Å². The molecular weight excluding hydrogens is 372 g/mol. The Labute approximate surface area is 138 Å². The third-order valence-electron chi connectivity index (χ3n) is 4.01. The lowest BCUT2D eigenvalue weighted by atomic mass is 9.84. The van der Waals surface area contributed by atoms with Gasteiger partial charge in [-0.2, -0.15) is 0 Å². The van der Waals surface area contributed by atoms with Crippen molar-refractivity contribution in [1.29, 1.82) is 0 Å². The summed E-state index contributed by atoms with van der Waals surface area (Å²) in [4.78, 5) is 0.466. The van der Waals surface area contributed by atoms with Gasteiger partial charge in [0.2, 0.25) is 0 Å². The van der Waals surface area contributed by atoms with Crippen LogP contribution in [0.25, 0.3) is 0 Å². The minimum Gasteiger partial charge on any atom is -0.224 e. The van der Waals surface area contributed by atoms with Crippen LogP contribution < -0.4 is 0 Å². The average molecular weight is 386 g/mol. The fourth-order valence-electron chi connectivity index (χ4n) is 3.00. The molecule has 3 rings (SSSR count). The van der Waals surface area contributed by atoms with Gasteiger partial charge in [0.25, 0.3) is 0 Å². The number of benzene rings is 2. The van der Waals surface area contributed by atoms with Crippen molar-refractivity contribution in [3.63, 3.8) is 0 Å². The Kier molecular flexibility index (Phi) is 4.12. The summed E-state index contributed by atoms with van der Waals surface area (Å²) in [5.74, 6) is 0.121. The first-order valence-corrected chi connectivity index (χ1v) is 9.82. The molecule has 0 aromatic heterocycles. The largest absolute Gasteiger partial charge is 0.224 e. The first-order valence-electron chi connectivity index (χ1n) is 6.66. The highest BCUT2D eigenvalue weighted by Crippen LogP contribution is 2.45. The van der Waals surface area contributed by atoms with E-state index in [1.807, 2.05) is 36.4 Å². The van der Waals surface area contributed by atoms with Crippen molar-refractivity contribution in [2.75, 3.05) is 11.1 Å². The second kappa shape index (κ2) is 5.75. The first kappa shape index (κ1) is 15.1. The lowest BCUT2D eigenvalue weighted by molar-refractivity contribution is 0.589. The molecule has 0 amide bonds. The molecule has 5 heteroatoms. The predicted molar refractivity (Wildman–Crippen MR) is 89.2 cm³/mol. The smallest absolute Gasteiger partial charge is 0.179 e. The van der Waals surface area contributed by atoms with Crippen LogP contribution in [0.1, 0.15) is 23.0 Å². The summed E-state index contributed by atoms with van der Waals surface area (Å²) in [6.07, 6.45) is 0. The normalized spacial score (nSPS) is 21.0. The van der Waals surface area contributed by atoms with Gasteiger partial charge in [0.1, 0.15) is 0 Å². The van der Waals surface area contributed by atoms with Gasteiger partial charge in [-0.15, -0.1) is 0 Å². The highest BCUT2D eigenvalue weighted by molar-refractivity contribution is 9.09. The maximum Gasteiger partial charge on any atom is 0.179 e. The van der Waals surface area contributed by atoms with E-state index in [0.29, 0.717) is 15.2 Å². The van der Waals surface area contributed by atoms with E-state index in [-0.39, 0.29) is 17.6 Å². The topological polar surface area (TPSA) is 34.1 Å². The maximum absolute atomic E-state index is 12.4. The van der Waals surface area contributed by atoms with E-state index in [9.17, 15) is 8.42 Å². The number of fused-ring (bicyclic) bond motifs is 1. The van der Waals surface area contributed by atoms with Crippen molar-refractivity contribution in [2.24, 2.45) is 0 Å². The number of alkyl halides is 1. The van der Waals surface area contributed by atoms with Crippen LogP contribution in [0.4, 0.5) is 0 Å². The number of rotatable bonds is 3. The highest BCUT2D eigenvalue weighted by atomic mass is 79.9.